The van der Waals surface area contributed by atoms with Crippen molar-refractivity contribution in [2.45, 2.75) is 38.3 Å². The Kier molecular flexibility index (Phi) is 4.14. The van der Waals surface area contributed by atoms with Crippen LogP contribution in [0.25, 0.3) is 0 Å². The van der Waals surface area contributed by atoms with Gasteiger partial charge >= 0.3 is 0 Å². The Morgan fingerprint density at radius 3 is 2.64 bits per heavy atom. The Bertz CT molecular complexity index is 161. The van der Waals surface area contributed by atoms with E-state index in [0.717, 1.165) is 18.6 Å². The summed E-state index contributed by atoms with van der Waals surface area (Å²) in [6.07, 6.45) is 4.14. The minimum absolute atomic E-state index is 0.797. The first-order chi connectivity index (χ1) is 6.90. The van der Waals surface area contributed by atoms with Gasteiger partial charge in [0, 0.05) is 17.8 Å². The second kappa shape index (κ2) is 5.38. The van der Waals surface area contributed by atoms with Crippen molar-refractivity contribution in [3.05, 3.63) is 0 Å². The fourth-order valence-corrected chi connectivity index (χ4v) is 3.82. The van der Waals surface area contributed by atoms with E-state index in [0.29, 0.717) is 0 Å². The van der Waals surface area contributed by atoms with Crippen molar-refractivity contribution in [3.8, 4) is 0 Å². The van der Waals surface area contributed by atoms with E-state index in [-0.39, 0.29) is 0 Å². The molecule has 2 saturated heterocycles. The van der Waals surface area contributed by atoms with Crippen molar-refractivity contribution in [2.24, 2.45) is 0 Å². The number of hydrogen-bond acceptors (Lipinski definition) is 3. The lowest BCUT2D eigenvalue weighted by Gasteiger charge is -2.35. The third kappa shape index (κ3) is 2.65. The summed E-state index contributed by atoms with van der Waals surface area (Å²) >= 11 is 2.13. The van der Waals surface area contributed by atoms with Crippen LogP contribution in [0.15, 0.2) is 0 Å². The maximum atomic E-state index is 3.56. The number of nitrogens with zero attached hydrogens (tertiary/aromatic N) is 1. The first-order valence-corrected chi connectivity index (χ1v) is 7.11. The van der Waals surface area contributed by atoms with Gasteiger partial charge in [-0.3, -0.25) is 4.90 Å². The van der Waals surface area contributed by atoms with Crippen LogP contribution in [0.4, 0.5) is 0 Å². The van der Waals surface area contributed by atoms with E-state index in [1.165, 1.54) is 43.9 Å². The monoisotopic (exact) mass is 214 g/mol. The molecule has 3 heteroatoms. The number of likely N-dealkylation sites (tertiary alicyclic amines) is 1. The molecule has 0 aliphatic carbocycles. The molecule has 2 heterocycles. The third-order valence-electron chi connectivity index (χ3n) is 3.44. The molecule has 0 aromatic heterocycles. The molecule has 2 nitrogen and oxygen atoms in total. The Morgan fingerprint density at radius 1 is 1.29 bits per heavy atom. The first-order valence-electron chi connectivity index (χ1n) is 5.95. The molecule has 2 aliphatic rings. The molecule has 1 atom stereocenters. The number of rotatable bonds is 3. The average molecular weight is 214 g/mol. The molecule has 0 spiro atoms. The van der Waals surface area contributed by atoms with Crippen molar-refractivity contribution < 1.29 is 0 Å². The summed E-state index contributed by atoms with van der Waals surface area (Å²) in [5.74, 6) is 2.77. The Labute approximate surface area is 91.8 Å². The smallest absolute Gasteiger partial charge is 0.0194 e. The molecule has 2 rings (SSSR count). The normalized spacial score (nSPS) is 31.1. The summed E-state index contributed by atoms with van der Waals surface area (Å²) in [5.41, 5.74) is 0. The van der Waals surface area contributed by atoms with Gasteiger partial charge in [0.15, 0.2) is 0 Å². The first kappa shape index (κ1) is 10.8. The second-order valence-electron chi connectivity index (χ2n) is 4.39. The van der Waals surface area contributed by atoms with E-state index in [2.05, 4.69) is 28.9 Å². The highest BCUT2D eigenvalue weighted by Crippen LogP contribution is 2.24. The minimum Gasteiger partial charge on any atom is -0.314 e. The predicted molar refractivity (Wildman–Crippen MR) is 64.0 cm³/mol. The molecule has 14 heavy (non-hydrogen) atoms. The van der Waals surface area contributed by atoms with Crippen LogP contribution < -0.4 is 5.32 Å². The molecular formula is C11H22N2S. The Hall–Kier alpha value is 0.270. The van der Waals surface area contributed by atoms with Crippen LogP contribution in [-0.2, 0) is 0 Å². The molecule has 0 bridgehead atoms. The minimum atomic E-state index is 0.797. The molecule has 0 amide bonds. The number of piperidine rings is 1. The Morgan fingerprint density at radius 2 is 2.07 bits per heavy atom. The van der Waals surface area contributed by atoms with E-state index < -0.39 is 0 Å². The zero-order valence-corrected chi connectivity index (χ0v) is 9.98. The standard InChI is InChI=1S/C11H22N2S/c1-2-12-10-3-6-13(7-4-10)11-5-8-14-9-11/h10-12H,2-9H2,1H3. The summed E-state index contributed by atoms with van der Waals surface area (Å²) in [5, 5.41) is 3.56. The van der Waals surface area contributed by atoms with Crippen molar-refractivity contribution in [2.75, 3.05) is 31.1 Å². The molecule has 2 fully saturated rings. The van der Waals surface area contributed by atoms with Crippen molar-refractivity contribution in [1.82, 2.24) is 10.2 Å². The van der Waals surface area contributed by atoms with Gasteiger partial charge in [-0.15, -0.1) is 0 Å². The summed E-state index contributed by atoms with van der Waals surface area (Å²) in [6.45, 7) is 5.98. The highest BCUT2D eigenvalue weighted by molar-refractivity contribution is 7.99. The van der Waals surface area contributed by atoms with Gasteiger partial charge in [0.2, 0.25) is 0 Å². The molecule has 0 saturated carbocycles. The van der Waals surface area contributed by atoms with Crippen molar-refractivity contribution >= 4 is 11.8 Å². The van der Waals surface area contributed by atoms with Gasteiger partial charge in [0.05, 0.1) is 0 Å². The quantitative estimate of drug-likeness (QED) is 0.768. The van der Waals surface area contributed by atoms with Gasteiger partial charge < -0.3 is 5.32 Å². The SMILES string of the molecule is CCNC1CCN(C2CCSC2)CC1. The number of thioether (sulfide) groups is 1. The van der Waals surface area contributed by atoms with Gasteiger partial charge in [-0.05, 0) is 44.6 Å². The van der Waals surface area contributed by atoms with Gasteiger partial charge in [0.25, 0.3) is 0 Å². The van der Waals surface area contributed by atoms with Crippen LogP contribution in [0.5, 0.6) is 0 Å². The summed E-state index contributed by atoms with van der Waals surface area (Å²) < 4.78 is 0. The molecule has 0 aromatic carbocycles. The highest BCUT2D eigenvalue weighted by Gasteiger charge is 2.26. The number of hydrogen-bond donors (Lipinski definition) is 1. The van der Waals surface area contributed by atoms with Crippen LogP contribution in [0.1, 0.15) is 26.2 Å². The van der Waals surface area contributed by atoms with Gasteiger partial charge in [-0.1, -0.05) is 6.92 Å². The molecule has 1 N–H and O–H groups in total. The average Bonchev–Trinajstić information content (AvgIpc) is 2.72. The zero-order valence-electron chi connectivity index (χ0n) is 9.17. The molecule has 0 aromatic rings. The summed E-state index contributed by atoms with van der Waals surface area (Å²) in [6, 6.07) is 1.70. The van der Waals surface area contributed by atoms with Crippen LogP contribution >= 0.6 is 11.8 Å². The van der Waals surface area contributed by atoms with E-state index in [9.17, 15) is 0 Å². The highest BCUT2D eigenvalue weighted by atomic mass is 32.2. The van der Waals surface area contributed by atoms with Crippen molar-refractivity contribution in [3.63, 3.8) is 0 Å². The second-order valence-corrected chi connectivity index (χ2v) is 5.54. The fourth-order valence-electron chi connectivity index (χ4n) is 2.57. The zero-order chi connectivity index (χ0) is 9.80. The Balaban J connectivity index is 1.72. The van der Waals surface area contributed by atoms with Gasteiger partial charge in [-0.25, -0.2) is 0 Å². The maximum absolute atomic E-state index is 3.56. The predicted octanol–water partition coefficient (Wildman–Crippen LogP) is 1.57. The lowest BCUT2D eigenvalue weighted by molar-refractivity contribution is 0.156. The molecule has 2 aliphatic heterocycles. The van der Waals surface area contributed by atoms with E-state index >= 15 is 0 Å². The van der Waals surface area contributed by atoms with E-state index in [4.69, 9.17) is 0 Å². The van der Waals surface area contributed by atoms with Crippen LogP contribution in [0.3, 0.4) is 0 Å². The topological polar surface area (TPSA) is 15.3 Å². The number of nitrogens with one attached hydrogen (secondary N) is 1. The van der Waals surface area contributed by atoms with Crippen molar-refractivity contribution in [1.29, 1.82) is 0 Å². The van der Waals surface area contributed by atoms with E-state index in [1.807, 2.05) is 0 Å². The van der Waals surface area contributed by atoms with Crippen LogP contribution in [-0.4, -0.2) is 48.1 Å². The molecule has 0 radical (unpaired) electrons. The molecular weight excluding hydrogens is 192 g/mol. The maximum Gasteiger partial charge on any atom is 0.0194 e. The molecule has 82 valence electrons. The fraction of sp³-hybridized carbons (Fsp3) is 1.00. The molecule has 1 unspecified atom stereocenters. The van der Waals surface area contributed by atoms with Gasteiger partial charge in [-0.2, -0.15) is 11.8 Å². The largest absolute Gasteiger partial charge is 0.314 e. The lowest BCUT2D eigenvalue weighted by Crippen LogP contribution is -2.46. The summed E-state index contributed by atoms with van der Waals surface area (Å²) in [7, 11) is 0. The van der Waals surface area contributed by atoms with E-state index in [1.54, 1.807) is 0 Å². The van der Waals surface area contributed by atoms with Gasteiger partial charge in [0.1, 0.15) is 0 Å². The van der Waals surface area contributed by atoms with Crippen LogP contribution in [0, 0.1) is 0 Å². The summed E-state index contributed by atoms with van der Waals surface area (Å²) in [4.78, 5) is 2.72. The lowest BCUT2D eigenvalue weighted by atomic mass is 10.0. The van der Waals surface area contributed by atoms with Crippen LogP contribution in [0.2, 0.25) is 0 Å². The third-order valence-corrected chi connectivity index (χ3v) is 4.59.